The first-order valence-electron chi connectivity index (χ1n) is 5.41. The Bertz CT molecular complexity index is 448. The van der Waals surface area contributed by atoms with Crippen molar-refractivity contribution in [2.45, 2.75) is 13.3 Å². The lowest BCUT2D eigenvalue weighted by atomic mass is 9.92. The smallest absolute Gasteiger partial charge is 0.324 e. The first-order valence-corrected chi connectivity index (χ1v) is 6.20. The maximum atomic E-state index is 12.1. The molecule has 0 aromatic heterocycles. The molecule has 1 atom stereocenters. The highest BCUT2D eigenvalue weighted by Crippen LogP contribution is 2.16. The fourth-order valence-corrected chi connectivity index (χ4v) is 1.75. The summed E-state index contributed by atoms with van der Waals surface area (Å²) in [6.45, 7) is 1.60. The van der Waals surface area contributed by atoms with Gasteiger partial charge in [0.25, 0.3) is 0 Å². The van der Waals surface area contributed by atoms with Crippen LogP contribution in [0.25, 0.3) is 0 Å². The van der Waals surface area contributed by atoms with E-state index in [4.69, 9.17) is 0 Å². The number of carbonyl (C=O) groups is 3. The van der Waals surface area contributed by atoms with Gasteiger partial charge in [0.05, 0.1) is 7.11 Å². The first kappa shape index (κ1) is 14.6. The van der Waals surface area contributed by atoms with E-state index in [-0.39, 0.29) is 6.42 Å². The SMILES string of the molecule is CCC(=O)C(C(=O)OC)C(=O)c1ccc(Br)cc1. The number of carbonyl (C=O) groups excluding carboxylic acids is 3. The van der Waals surface area contributed by atoms with Crippen LogP contribution >= 0.6 is 15.9 Å². The van der Waals surface area contributed by atoms with Gasteiger partial charge in [0.15, 0.2) is 17.5 Å². The standard InChI is InChI=1S/C13H13BrO4/c1-3-10(15)11(13(17)18-2)12(16)8-4-6-9(14)7-5-8/h4-7,11H,3H2,1-2H3. The highest BCUT2D eigenvalue weighted by molar-refractivity contribution is 9.10. The number of ketones is 2. The zero-order chi connectivity index (χ0) is 13.7. The van der Waals surface area contributed by atoms with Gasteiger partial charge in [0.2, 0.25) is 0 Å². The van der Waals surface area contributed by atoms with Crippen LogP contribution < -0.4 is 0 Å². The van der Waals surface area contributed by atoms with Gasteiger partial charge in [-0.25, -0.2) is 0 Å². The second-order valence-electron chi connectivity index (χ2n) is 3.65. The summed E-state index contributed by atoms with van der Waals surface area (Å²) in [5.74, 6) is -3.13. The predicted molar refractivity (Wildman–Crippen MR) is 69.3 cm³/mol. The number of hydrogen-bond acceptors (Lipinski definition) is 4. The van der Waals surface area contributed by atoms with Gasteiger partial charge >= 0.3 is 5.97 Å². The molecule has 18 heavy (non-hydrogen) atoms. The normalized spacial score (nSPS) is 11.7. The maximum absolute atomic E-state index is 12.1. The monoisotopic (exact) mass is 312 g/mol. The van der Waals surface area contributed by atoms with E-state index in [1.807, 2.05) is 0 Å². The van der Waals surface area contributed by atoms with E-state index in [1.165, 1.54) is 0 Å². The van der Waals surface area contributed by atoms with Gasteiger partial charge in [-0.2, -0.15) is 0 Å². The zero-order valence-electron chi connectivity index (χ0n) is 10.1. The topological polar surface area (TPSA) is 60.4 Å². The molecule has 96 valence electrons. The number of ether oxygens (including phenoxy) is 1. The number of methoxy groups -OCH3 is 1. The lowest BCUT2D eigenvalue weighted by molar-refractivity contribution is -0.147. The molecule has 1 rings (SSSR count). The molecule has 0 fully saturated rings. The average Bonchev–Trinajstić information content (AvgIpc) is 2.39. The lowest BCUT2D eigenvalue weighted by Crippen LogP contribution is -2.32. The summed E-state index contributed by atoms with van der Waals surface area (Å²) in [5.41, 5.74) is 0.315. The molecule has 0 bridgehead atoms. The third kappa shape index (κ3) is 3.26. The number of esters is 1. The molecule has 1 aromatic rings. The van der Waals surface area contributed by atoms with E-state index in [9.17, 15) is 14.4 Å². The van der Waals surface area contributed by atoms with Crippen LogP contribution in [0.5, 0.6) is 0 Å². The van der Waals surface area contributed by atoms with Crippen molar-refractivity contribution >= 4 is 33.5 Å². The summed E-state index contributed by atoms with van der Waals surface area (Å²) in [7, 11) is 1.16. The minimum absolute atomic E-state index is 0.113. The second-order valence-corrected chi connectivity index (χ2v) is 4.56. The average molecular weight is 313 g/mol. The summed E-state index contributed by atoms with van der Waals surface area (Å²) in [4.78, 5) is 35.3. The van der Waals surface area contributed by atoms with Gasteiger partial charge in [-0.05, 0) is 12.1 Å². The zero-order valence-corrected chi connectivity index (χ0v) is 11.7. The molecule has 0 saturated carbocycles. The van der Waals surface area contributed by atoms with Crippen molar-refractivity contribution in [1.29, 1.82) is 0 Å². The molecule has 1 aromatic carbocycles. The van der Waals surface area contributed by atoms with Crippen molar-refractivity contribution in [2.24, 2.45) is 5.92 Å². The minimum atomic E-state index is -1.36. The molecule has 0 spiro atoms. The van der Waals surface area contributed by atoms with E-state index < -0.39 is 23.5 Å². The van der Waals surface area contributed by atoms with Crippen LogP contribution in [0.1, 0.15) is 23.7 Å². The van der Waals surface area contributed by atoms with Crippen molar-refractivity contribution in [1.82, 2.24) is 0 Å². The van der Waals surface area contributed by atoms with Crippen molar-refractivity contribution in [2.75, 3.05) is 7.11 Å². The molecule has 1 unspecified atom stereocenters. The molecule has 0 N–H and O–H groups in total. The van der Waals surface area contributed by atoms with Gasteiger partial charge in [-0.3, -0.25) is 14.4 Å². The Morgan fingerprint density at radius 2 is 1.78 bits per heavy atom. The summed E-state index contributed by atoms with van der Waals surface area (Å²) >= 11 is 3.25. The molecule has 0 radical (unpaired) electrons. The molecular weight excluding hydrogens is 300 g/mol. The Labute approximate surface area is 113 Å². The Morgan fingerprint density at radius 1 is 1.22 bits per heavy atom. The van der Waals surface area contributed by atoms with E-state index in [2.05, 4.69) is 20.7 Å². The van der Waals surface area contributed by atoms with Crippen LogP contribution in [0.3, 0.4) is 0 Å². The quantitative estimate of drug-likeness (QED) is 0.476. The Hall–Kier alpha value is -1.49. The van der Waals surface area contributed by atoms with Crippen molar-refractivity contribution in [3.63, 3.8) is 0 Å². The lowest BCUT2D eigenvalue weighted by Gasteiger charge is -2.11. The van der Waals surface area contributed by atoms with Gasteiger partial charge in [0.1, 0.15) is 0 Å². The largest absolute Gasteiger partial charge is 0.468 e. The Balaban J connectivity index is 3.06. The number of Topliss-reactive ketones (excluding diaryl/α,β-unsaturated/α-hetero) is 2. The van der Waals surface area contributed by atoms with Crippen LogP contribution in [0.15, 0.2) is 28.7 Å². The third-order valence-corrected chi connectivity index (χ3v) is 3.03. The van der Waals surface area contributed by atoms with E-state index in [0.29, 0.717) is 5.56 Å². The van der Waals surface area contributed by atoms with Crippen LogP contribution in [0.2, 0.25) is 0 Å². The molecule has 0 amide bonds. The molecule has 0 heterocycles. The van der Waals surface area contributed by atoms with Gasteiger partial charge in [-0.15, -0.1) is 0 Å². The molecular formula is C13H13BrO4. The van der Waals surface area contributed by atoms with Crippen LogP contribution in [-0.2, 0) is 14.3 Å². The van der Waals surface area contributed by atoms with Crippen molar-refractivity contribution < 1.29 is 19.1 Å². The molecule has 5 heteroatoms. The van der Waals surface area contributed by atoms with Crippen molar-refractivity contribution in [3.05, 3.63) is 34.3 Å². The number of rotatable bonds is 5. The van der Waals surface area contributed by atoms with Gasteiger partial charge < -0.3 is 4.74 Å². The maximum Gasteiger partial charge on any atom is 0.324 e. The van der Waals surface area contributed by atoms with Gasteiger partial charge in [0, 0.05) is 16.5 Å². The van der Waals surface area contributed by atoms with Crippen LogP contribution in [0.4, 0.5) is 0 Å². The van der Waals surface area contributed by atoms with Crippen molar-refractivity contribution in [3.8, 4) is 0 Å². The number of hydrogen-bond donors (Lipinski definition) is 0. The van der Waals surface area contributed by atoms with E-state index in [1.54, 1.807) is 31.2 Å². The number of benzene rings is 1. The summed E-state index contributed by atoms with van der Waals surface area (Å²) < 4.78 is 5.33. The second kappa shape index (κ2) is 6.44. The molecule has 0 aliphatic rings. The predicted octanol–water partition coefficient (Wildman–Crippen LogP) is 2.40. The first-order chi connectivity index (χ1) is 8.51. The molecule has 0 aliphatic carbocycles. The highest BCUT2D eigenvalue weighted by Gasteiger charge is 2.34. The fourth-order valence-electron chi connectivity index (χ4n) is 1.49. The van der Waals surface area contributed by atoms with Crippen LogP contribution in [0, 0.1) is 5.92 Å². The van der Waals surface area contributed by atoms with E-state index >= 15 is 0 Å². The Morgan fingerprint density at radius 3 is 2.22 bits per heavy atom. The Kier molecular flexibility index (Phi) is 5.22. The van der Waals surface area contributed by atoms with E-state index in [0.717, 1.165) is 11.6 Å². The summed E-state index contributed by atoms with van der Waals surface area (Å²) in [6, 6.07) is 6.48. The van der Waals surface area contributed by atoms with Crippen LogP contribution in [-0.4, -0.2) is 24.6 Å². The summed E-state index contributed by atoms with van der Waals surface area (Å²) in [6.07, 6.45) is 0.113. The molecule has 0 saturated heterocycles. The highest BCUT2D eigenvalue weighted by atomic mass is 79.9. The molecule has 0 aliphatic heterocycles. The number of halogens is 1. The summed E-state index contributed by atoms with van der Waals surface area (Å²) in [5, 5.41) is 0. The third-order valence-electron chi connectivity index (χ3n) is 2.50. The molecule has 4 nitrogen and oxygen atoms in total. The van der Waals surface area contributed by atoms with Gasteiger partial charge in [-0.1, -0.05) is 35.0 Å². The fraction of sp³-hybridized carbons (Fsp3) is 0.308. The minimum Gasteiger partial charge on any atom is -0.468 e.